The van der Waals surface area contributed by atoms with Gasteiger partial charge in [0, 0.05) is 45.2 Å². The first kappa shape index (κ1) is 24.5. The average Bonchev–Trinajstić information content (AvgIpc) is 3.39. The molecule has 10 heteroatoms. The molecule has 2 aromatic rings. The molecule has 1 aromatic heterocycles. The predicted molar refractivity (Wildman–Crippen MR) is 131 cm³/mol. The maximum absolute atomic E-state index is 13.5. The summed E-state index contributed by atoms with van der Waals surface area (Å²) in [4.78, 5) is 44.1. The van der Waals surface area contributed by atoms with Gasteiger partial charge in [0.2, 0.25) is 0 Å². The van der Waals surface area contributed by atoms with Crippen molar-refractivity contribution in [2.75, 3.05) is 27.7 Å². The molecule has 0 saturated carbocycles. The number of carbonyl (C=O) groups is 3. The Bertz CT molecular complexity index is 1100. The van der Waals surface area contributed by atoms with Crippen molar-refractivity contribution in [3.8, 4) is 0 Å². The van der Waals surface area contributed by atoms with Gasteiger partial charge in [-0.25, -0.2) is 4.79 Å². The second-order valence-electron chi connectivity index (χ2n) is 9.15. The van der Waals surface area contributed by atoms with Gasteiger partial charge in [0.05, 0.1) is 15.3 Å². The summed E-state index contributed by atoms with van der Waals surface area (Å²) < 4.78 is 6.14. The summed E-state index contributed by atoms with van der Waals surface area (Å²) in [5.41, 5.74) is 2.93. The lowest BCUT2D eigenvalue weighted by Gasteiger charge is -2.32. The number of thiophene rings is 1. The SMILES string of the molecule is C[C@H]1Cc2cc(C(=O)N3C[C@H](NC(=O)c4ccc(Cl)s4)C[C@@H]3OC(=O)N(C)C)ccc2CN1C. The first-order valence-corrected chi connectivity index (χ1v) is 12.4. The summed E-state index contributed by atoms with van der Waals surface area (Å²) in [5, 5.41) is 2.95. The summed E-state index contributed by atoms with van der Waals surface area (Å²) in [6.45, 7) is 3.26. The lowest BCUT2D eigenvalue weighted by molar-refractivity contribution is 0.00452. The van der Waals surface area contributed by atoms with Crippen LogP contribution in [0.15, 0.2) is 30.3 Å². The summed E-state index contributed by atoms with van der Waals surface area (Å²) in [5.74, 6) is -0.484. The van der Waals surface area contributed by atoms with Gasteiger partial charge in [-0.2, -0.15) is 0 Å². The first-order chi connectivity index (χ1) is 16.1. The lowest BCUT2D eigenvalue weighted by Crippen LogP contribution is -2.41. The number of rotatable bonds is 4. The number of ether oxygens (including phenoxy) is 1. The van der Waals surface area contributed by atoms with E-state index in [1.54, 1.807) is 26.2 Å². The molecule has 3 heterocycles. The number of benzene rings is 1. The van der Waals surface area contributed by atoms with Crippen molar-refractivity contribution in [3.63, 3.8) is 0 Å². The summed E-state index contributed by atoms with van der Waals surface area (Å²) in [6, 6.07) is 9.15. The van der Waals surface area contributed by atoms with Gasteiger partial charge < -0.3 is 19.9 Å². The zero-order valence-electron chi connectivity index (χ0n) is 19.7. The third kappa shape index (κ3) is 5.21. The molecule has 1 fully saturated rings. The predicted octanol–water partition coefficient (Wildman–Crippen LogP) is 3.45. The van der Waals surface area contributed by atoms with Gasteiger partial charge in [0.1, 0.15) is 0 Å². The minimum absolute atomic E-state index is 0.221. The molecule has 1 aromatic carbocycles. The van der Waals surface area contributed by atoms with Crippen molar-refractivity contribution in [2.24, 2.45) is 0 Å². The Morgan fingerprint density at radius 1 is 1.18 bits per heavy atom. The van der Waals surface area contributed by atoms with Gasteiger partial charge in [-0.05, 0) is 55.8 Å². The van der Waals surface area contributed by atoms with E-state index in [1.165, 1.54) is 26.7 Å². The topological polar surface area (TPSA) is 82.2 Å². The van der Waals surface area contributed by atoms with E-state index in [0.29, 0.717) is 27.2 Å². The molecule has 0 spiro atoms. The van der Waals surface area contributed by atoms with Crippen molar-refractivity contribution in [1.29, 1.82) is 0 Å². The minimum atomic E-state index is -0.777. The number of nitrogens with zero attached hydrogens (tertiary/aromatic N) is 3. The molecule has 0 radical (unpaired) electrons. The van der Waals surface area contributed by atoms with E-state index in [1.807, 2.05) is 18.2 Å². The van der Waals surface area contributed by atoms with Crippen LogP contribution in [0.4, 0.5) is 4.79 Å². The molecule has 2 aliphatic heterocycles. The van der Waals surface area contributed by atoms with Crippen LogP contribution in [0.2, 0.25) is 4.34 Å². The summed E-state index contributed by atoms with van der Waals surface area (Å²) in [6.07, 6.45) is -0.139. The number of carbonyl (C=O) groups excluding carboxylic acids is 3. The van der Waals surface area contributed by atoms with E-state index >= 15 is 0 Å². The van der Waals surface area contributed by atoms with Crippen LogP contribution in [0.25, 0.3) is 0 Å². The second-order valence-corrected chi connectivity index (χ2v) is 10.9. The molecule has 182 valence electrons. The number of hydrogen-bond donors (Lipinski definition) is 1. The minimum Gasteiger partial charge on any atom is -0.425 e. The van der Waals surface area contributed by atoms with Crippen LogP contribution >= 0.6 is 22.9 Å². The molecule has 2 aliphatic rings. The monoisotopic (exact) mass is 504 g/mol. The number of amides is 3. The van der Waals surface area contributed by atoms with E-state index in [9.17, 15) is 14.4 Å². The van der Waals surface area contributed by atoms with Crippen molar-refractivity contribution in [3.05, 3.63) is 56.2 Å². The Labute approximate surface area is 208 Å². The Kier molecular flexibility index (Phi) is 7.16. The van der Waals surface area contributed by atoms with Gasteiger partial charge in [-0.15, -0.1) is 11.3 Å². The lowest BCUT2D eigenvalue weighted by atomic mass is 9.93. The standard InChI is InChI=1S/C24H29ClN4O4S/c1-14-9-17-10-15(5-6-16(17)12-28(14)4)23(31)29-13-18(11-21(29)33-24(32)27(2)3)26-22(30)19-7-8-20(25)34-19/h5-8,10,14,18,21H,9,11-13H2,1-4H3,(H,26,30)/t14-,18+,21-/m0/s1. The number of hydrogen-bond acceptors (Lipinski definition) is 6. The Morgan fingerprint density at radius 2 is 1.94 bits per heavy atom. The molecule has 1 N–H and O–H groups in total. The fourth-order valence-electron chi connectivity index (χ4n) is 4.31. The fourth-order valence-corrected chi connectivity index (χ4v) is 5.26. The Hall–Kier alpha value is -2.62. The van der Waals surface area contributed by atoms with Crippen LogP contribution in [0, 0.1) is 0 Å². The first-order valence-electron chi connectivity index (χ1n) is 11.2. The molecule has 0 unspecified atom stereocenters. The van der Waals surface area contributed by atoms with Gasteiger partial charge in [0.25, 0.3) is 11.8 Å². The van der Waals surface area contributed by atoms with Gasteiger partial charge in [-0.1, -0.05) is 17.7 Å². The molecular formula is C24H29ClN4O4S. The van der Waals surface area contributed by atoms with Gasteiger partial charge >= 0.3 is 6.09 Å². The third-order valence-electron chi connectivity index (χ3n) is 6.39. The molecular weight excluding hydrogens is 476 g/mol. The number of fused-ring (bicyclic) bond motifs is 1. The van der Waals surface area contributed by atoms with Crippen molar-refractivity contribution < 1.29 is 19.1 Å². The third-order valence-corrected chi connectivity index (χ3v) is 7.62. The average molecular weight is 505 g/mol. The van der Waals surface area contributed by atoms with Crippen LogP contribution in [-0.2, 0) is 17.7 Å². The maximum atomic E-state index is 13.5. The van der Waals surface area contributed by atoms with Crippen LogP contribution in [0.1, 0.15) is 44.5 Å². The number of likely N-dealkylation sites (tertiary alicyclic amines) is 1. The molecule has 3 amide bonds. The van der Waals surface area contributed by atoms with E-state index in [4.69, 9.17) is 16.3 Å². The van der Waals surface area contributed by atoms with Gasteiger partial charge in [-0.3, -0.25) is 14.5 Å². The molecule has 0 bridgehead atoms. The highest BCUT2D eigenvalue weighted by atomic mass is 35.5. The number of halogens is 1. The molecule has 0 aliphatic carbocycles. The van der Waals surface area contributed by atoms with E-state index < -0.39 is 12.3 Å². The molecule has 4 rings (SSSR count). The number of likely N-dealkylation sites (N-methyl/N-ethyl adjacent to an activating group) is 1. The Balaban J connectivity index is 1.53. The molecule has 3 atom stereocenters. The molecule has 34 heavy (non-hydrogen) atoms. The largest absolute Gasteiger partial charge is 0.425 e. The highest BCUT2D eigenvalue weighted by molar-refractivity contribution is 7.18. The van der Waals surface area contributed by atoms with Gasteiger partial charge in [0.15, 0.2) is 6.23 Å². The zero-order valence-corrected chi connectivity index (χ0v) is 21.3. The van der Waals surface area contributed by atoms with Crippen LogP contribution in [0.3, 0.4) is 0 Å². The smallest absolute Gasteiger partial charge is 0.411 e. The highest BCUT2D eigenvalue weighted by Gasteiger charge is 2.39. The Morgan fingerprint density at radius 3 is 2.62 bits per heavy atom. The molecule has 8 nitrogen and oxygen atoms in total. The van der Waals surface area contributed by atoms with Crippen LogP contribution in [-0.4, -0.2) is 78.6 Å². The van der Waals surface area contributed by atoms with E-state index in [0.717, 1.165) is 18.5 Å². The van der Waals surface area contributed by atoms with Crippen molar-refractivity contribution in [1.82, 2.24) is 20.0 Å². The normalized spacial score (nSPS) is 22.3. The maximum Gasteiger partial charge on any atom is 0.411 e. The fraction of sp³-hybridized carbons (Fsp3) is 0.458. The summed E-state index contributed by atoms with van der Waals surface area (Å²) in [7, 11) is 5.27. The summed E-state index contributed by atoms with van der Waals surface area (Å²) >= 11 is 7.14. The van der Waals surface area contributed by atoms with Crippen molar-refractivity contribution in [2.45, 2.75) is 44.6 Å². The van der Waals surface area contributed by atoms with Crippen LogP contribution < -0.4 is 5.32 Å². The molecule has 1 saturated heterocycles. The van der Waals surface area contributed by atoms with E-state index in [-0.39, 0.29) is 24.4 Å². The quantitative estimate of drug-likeness (QED) is 0.689. The highest BCUT2D eigenvalue weighted by Crippen LogP contribution is 2.27. The van der Waals surface area contributed by atoms with Crippen LogP contribution in [0.5, 0.6) is 0 Å². The van der Waals surface area contributed by atoms with Crippen molar-refractivity contribution >= 4 is 40.8 Å². The van der Waals surface area contributed by atoms with E-state index in [2.05, 4.69) is 24.2 Å². The second kappa shape index (κ2) is 9.93. The number of nitrogens with one attached hydrogen (secondary N) is 1. The zero-order chi connectivity index (χ0) is 24.6.